The van der Waals surface area contributed by atoms with Crippen molar-refractivity contribution < 1.29 is 14.3 Å². The number of anilines is 1. The van der Waals surface area contributed by atoms with Gasteiger partial charge in [-0.15, -0.1) is 0 Å². The molecule has 1 saturated heterocycles. The van der Waals surface area contributed by atoms with Crippen LogP contribution >= 0.6 is 11.9 Å². The molecule has 0 bridgehead atoms. The van der Waals surface area contributed by atoms with Crippen molar-refractivity contribution >= 4 is 35.2 Å². The first-order chi connectivity index (χ1) is 13.1. The molecule has 0 saturated carbocycles. The van der Waals surface area contributed by atoms with E-state index >= 15 is 0 Å². The van der Waals surface area contributed by atoms with Gasteiger partial charge >= 0.3 is 5.97 Å². The number of nitrogens with zero attached hydrogens (tertiary/aromatic N) is 2. The second-order valence-electron chi connectivity index (χ2n) is 5.97. The molecule has 1 fully saturated rings. The summed E-state index contributed by atoms with van der Waals surface area (Å²) in [6, 6.07) is 7.38. The summed E-state index contributed by atoms with van der Waals surface area (Å²) in [6.45, 7) is 8.25. The molecule has 0 spiro atoms. The summed E-state index contributed by atoms with van der Waals surface area (Å²) in [4.78, 5) is 30.1. The fourth-order valence-corrected chi connectivity index (χ4v) is 2.94. The van der Waals surface area contributed by atoms with Crippen LogP contribution in [-0.4, -0.2) is 47.4 Å². The summed E-state index contributed by atoms with van der Waals surface area (Å²) >= 11 is 1.64. The quantitative estimate of drug-likeness (QED) is 0.303. The number of amides is 1. The van der Waals surface area contributed by atoms with Crippen molar-refractivity contribution in [1.82, 2.24) is 4.90 Å². The molecule has 1 heterocycles. The zero-order chi connectivity index (χ0) is 19.6. The third-order valence-corrected chi connectivity index (χ3v) is 4.79. The Hall–Kier alpha value is -2.54. The van der Waals surface area contributed by atoms with Crippen molar-refractivity contribution in [1.29, 1.82) is 0 Å². The van der Waals surface area contributed by atoms with Crippen LogP contribution in [0.2, 0.25) is 0 Å². The number of ether oxygens (including phenoxy) is 1. The smallest absolute Gasteiger partial charge is 0.357 e. The highest BCUT2D eigenvalue weighted by atomic mass is 32.2. The number of likely N-dealkylation sites (tertiary alicyclic amines) is 1. The minimum atomic E-state index is -0.528. The second kappa shape index (κ2) is 10.6. The topological polar surface area (TPSA) is 71.0 Å². The monoisotopic (exact) mass is 387 g/mol. The lowest BCUT2D eigenvalue weighted by molar-refractivity contribution is -0.147. The number of allylic oxidation sites excluding steroid dienone is 1. The van der Waals surface area contributed by atoms with Gasteiger partial charge in [-0.25, -0.2) is 9.79 Å². The lowest BCUT2D eigenvalue weighted by Gasteiger charge is -2.38. The SMILES string of the molecule is C=CC(=N/C=C\C)C(=O)OC1CN(C(=O)c2ccc(NSCCC)cc2)C1. The van der Waals surface area contributed by atoms with E-state index in [1.54, 1.807) is 42.0 Å². The van der Waals surface area contributed by atoms with E-state index in [9.17, 15) is 9.59 Å². The molecular formula is C20H25N3O3S. The highest BCUT2D eigenvalue weighted by molar-refractivity contribution is 8.00. The fourth-order valence-electron chi connectivity index (χ4n) is 2.33. The van der Waals surface area contributed by atoms with Crippen LogP contribution in [0.25, 0.3) is 0 Å². The molecule has 0 radical (unpaired) electrons. The number of carbonyl (C=O) groups is 2. The highest BCUT2D eigenvalue weighted by Crippen LogP contribution is 2.19. The van der Waals surface area contributed by atoms with Gasteiger partial charge in [0.1, 0.15) is 11.8 Å². The summed E-state index contributed by atoms with van der Waals surface area (Å²) < 4.78 is 8.58. The molecule has 1 aliphatic rings. The summed E-state index contributed by atoms with van der Waals surface area (Å²) in [5.41, 5.74) is 1.74. The summed E-state index contributed by atoms with van der Waals surface area (Å²) in [5.74, 6) is 0.434. The van der Waals surface area contributed by atoms with Crippen molar-refractivity contribution in [3.05, 3.63) is 54.8 Å². The lowest BCUT2D eigenvalue weighted by atomic mass is 10.1. The highest BCUT2D eigenvalue weighted by Gasteiger charge is 2.34. The van der Waals surface area contributed by atoms with Crippen LogP contribution in [0.4, 0.5) is 5.69 Å². The summed E-state index contributed by atoms with van der Waals surface area (Å²) in [5, 5.41) is 0. The lowest BCUT2D eigenvalue weighted by Crippen LogP contribution is -2.55. The van der Waals surface area contributed by atoms with Gasteiger partial charge in [0.05, 0.1) is 13.1 Å². The number of nitrogens with one attached hydrogen (secondary N) is 1. The maximum atomic E-state index is 12.5. The molecule has 1 N–H and O–H groups in total. The van der Waals surface area contributed by atoms with Gasteiger partial charge in [0, 0.05) is 23.2 Å². The van der Waals surface area contributed by atoms with E-state index in [0.29, 0.717) is 18.7 Å². The normalized spacial score (nSPS) is 14.7. The maximum Gasteiger partial charge on any atom is 0.357 e. The Bertz CT molecular complexity index is 722. The van der Waals surface area contributed by atoms with Crippen LogP contribution in [0.15, 0.2) is 54.2 Å². The molecular weight excluding hydrogens is 362 g/mol. The molecule has 1 amide bonds. The van der Waals surface area contributed by atoms with E-state index in [1.807, 2.05) is 12.1 Å². The largest absolute Gasteiger partial charge is 0.454 e. The van der Waals surface area contributed by atoms with Crippen LogP contribution < -0.4 is 4.72 Å². The molecule has 27 heavy (non-hydrogen) atoms. The molecule has 7 heteroatoms. The molecule has 2 rings (SSSR count). The average Bonchev–Trinajstić information content (AvgIpc) is 2.65. The molecule has 0 atom stereocenters. The van der Waals surface area contributed by atoms with Gasteiger partial charge in [-0.1, -0.05) is 31.5 Å². The van der Waals surface area contributed by atoms with Gasteiger partial charge in [0.2, 0.25) is 0 Å². The predicted octanol–water partition coefficient (Wildman–Crippen LogP) is 3.68. The van der Waals surface area contributed by atoms with E-state index in [1.165, 1.54) is 12.3 Å². The Morgan fingerprint density at radius 2 is 2.07 bits per heavy atom. The van der Waals surface area contributed by atoms with Crippen molar-refractivity contribution in [2.45, 2.75) is 26.4 Å². The minimum absolute atomic E-state index is 0.0680. The Morgan fingerprint density at radius 1 is 1.37 bits per heavy atom. The van der Waals surface area contributed by atoms with Crippen molar-refractivity contribution in [2.75, 3.05) is 23.6 Å². The minimum Gasteiger partial charge on any atom is -0.454 e. The fraction of sp³-hybridized carbons (Fsp3) is 0.350. The van der Waals surface area contributed by atoms with Crippen LogP contribution in [-0.2, 0) is 9.53 Å². The second-order valence-corrected chi connectivity index (χ2v) is 6.87. The molecule has 144 valence electrons. The Kier molecular flexibility index (Phi) is 8.13. The van der Waals surface area contributed by atoms with Crippen molar-refractivity contribution in [3.8, 4) is 0 Å². The number of esters is 1. The number of rotatable bonds is 9. The number of hydrogen-bond donors (Lipinski definition) is 1. The average molecular weight is 388 g/mol. The van der Waals surface area contributed by atoms with E-state index in [0.717, 1.165) is 17.9 Å². The first-order valence-corrected chi connectivity index (χ1v) is 9.87. The molecule has 6 nitrogen and oxygen atoms in total. The van der Waals surface area contributed by atoms with Crippen LogP contribution in [0.3, 0.4) is 0 Å². The van der Waals surface area contributed by atoms with Crippen molar-refractivity contribution in [3.63, 3.8) is 0 Å². The van der Waals surface area contributed by atoms with E-state index in [4.69, 9.17) is 4.74 Å². The molecule has 1 aromatic carbocycles. The van der Waals surface area contributed by atoms with Crippen molar-refractivity contribution in [2.24, 2.45) is 4.99 Å². The van der Waals surface area contributed by atoms with E-state index in [2.05, 4.69) is 23.2 Å². The van der Waals surface area contributed by atoms with Crippen LogP contribution in [0, 0.1) is 0 Å². The predicted molar refractivity (Wildman–Crippen MR) is 111 cm³/mol. The van der Waals surface area contributed by atoms with Gasteiger partial charge in [0.25, 0.3) is 5.91 Å². The summed E-state index contributed by atoms with van der Waals surface area (Å²) in [6.07, 6.45) is 5.37. The van der Waals surface area contributed by atoms with E-state index < -0.39 is 5.97 Å². The third kappa shape index (κ3) is 5.99. The van der Waals surface area contributed by atoms with E-state index in [-0.39, 0.29) is 17.7 Å². The van der Waals surface area contributed by atoms with Gasteiger partial charge in [-0.3, -0.25) is 4.79 Å². The van der Waals surface area contributed by atoms with Gasteiger partial charge < -0.3 is 14.4 Å². The Balaban J connectivity index is 1.82. The van der Waals surface area contributed by atoms with Gasteiger partial charge in [-0.2, -0.15) is 0 Å². The Morgan fingerprint density at radius 3 is 2.67 bits per heavy atom. The number of carbonyl (C=O) groups excluding carboxylic acids is 2. The number of benzene rings is 1. The molecule has 0 aliphatic carbocycles. The Labute approximate surface area is 164 Å². The van der Waals surface area contributed by atoms with Crippen LogP contribution in [0.1, 0.15) is 30.6 Å². The molecule has 1 aliphatic heterocycles. The first-order valence-electron chi connectivity index (χ1n) is 8.88. The van der Waals surface area contributed by atoms with Crippen LogP contribution in [0.5, 0.6) is 0 Å². The number of aliphatic imine (C=N–C) groups is 1. The van der Waals surface area contributed by atoms with Gasteiger partial charge in [0.15, 0.2) is 0 Å². The third-order valence-electron chi connectivity index (χ3n) is 3.80. The molecule has 0 aromatic heterocycles. The number of hydrogen-bond acceptors (Lipinski definition) is 6. The maximum absolute atomic E-state index is 12.5. The zero-order valence-corrected chi connectivity index (χ0v) is 16.5. The molecule has 0 unspecified atom stereocenters. The van der Waals surface area contributed by atoms with Gasteiger partial charge in [-0.05, 0) is 43.7 Å². The molecule has 1 aromatic rings. The first kappa shape index (κ1) is 20.8. The zero-order valence-electron chi connectivity index (χ0n) is 15.7. The summed E-state index contributed by atoms with van der Waals surface area (Å²) in [7, 11) is 0. The standard InChI is InChI=1S/C20H25N3O3S/c1-4-11-21-18(6-3)20(25)26-17-13-23(14-17)19(24)15-7-9-16(10-8-15)22-27-12-5-2/h4,6-11,17,22H,3,5,12-14H2,1-2H3/b11-4-,21-18?.